The lowest BCUT2D eigenvalue weighted by molar-refractivity contribution is -0.137. The minimum atomic E-state index is -0.678. The van der Waals surface area contributed by atoms with Gasteiger partial charge in [-0.05, 0) is 118 Å². The van der Waals surface area contributed by atoms with Gasteiger partial charge in [0.25, 0.3) is 0 Å². The maximum absolute atomic E-state index is 11.3. The highest BCUT2D eigenvalue weighted by atomic mass is 32.2. The molecule has 0 aliphatic carbocycles. The van der Waals surface area contributed by atoms with E-state index in [-0.39, 0.29) is 6.42 Å². The molecule has 3 aromatic rings. The molecule has 1 N–H and O–H groups in total. The van der Waals surface area contributed by atoms with E-state index in [0.29, 0.717) is 11.8 Å². The molecule has 5 nitrogen and oxygen atoms in total. The fraction of sp³-hybridized carbons (Fsp3) is 0.484. The Morgan fingerprint density at radius 2 is 2.03 bits per heavy atom. The van der Waals surface area contributed by atoms with E-state index in [2.05, 4.69) is 53.2 Å². The van der Waals surface area contributed by atoms with E-state index < -0.39 is 5.97 Å². The molecule has 1 aliphatic heterocycles. The second kappa shape index (κ2) is 13.8. The number of ether oxygens (including phenoxy) is 1. The molecule has 1 saturated heterocycles. The van der Waals surface area contributed by atoms with Crippen LogP contribution in [0.5, 0.6) is 5.75 Å². The fourth-order valence-corrected chi connectivity index (χ4v) is 6.59. The number of carbonyl (C=O) groups is 1. The average Bonchev–Trinajstić information content (AvgIpc) is 2.90. The molecular weight excluding hydrogens is 480 g/mol. The minimum Gasteiger partial charge on any atom is -0.497 e. The van der Waals surface area contributed by atoms with Gasteiger partial charge in [-0.2, -0.15) is 0 Å². The first-order valence-electron chi connectivity index (χ1n) is 13.6. The maximum Gasteiger partial charge on any atom is 0.303 e. The lowest BCUT2D eigenvalue weighted by Gasteiger charge is -2.39. The van der Waals surface area contributed by atoms with Gasteiger partial charge in [0, 0.05) is 29.4 Å². The van der Waals surface area contributed by atoms with Gasteiger partial charge in [-0.1, -0.05) is 17.7 Å². The molecule has 0 unspecified atom stereocenters. The number of thioether (sulfide) groups is 1. The summed E-state index contributed by atoms with van der Waals surface area (Å²) < 4.78 is 5.43. The van der Waals surface area contributed by atoms with Gasteiger partial charge in [-0.3, -0.25) is 9.78 Å². The Morgan fingerprint density at radius 3 is 2.84 bits per heavy atom. The Hall–Kier alpha value is -2.57. The van der Waals surface area contributed by atoms with Crippen LogP contribution in [0.3, 0.4) is 0 Å². The lowest BCUT2D eigenvalue weighted by Crippen LogP contribution is -2.41. The maximum atomic E-state index is 11.3. The Labute approximate surface area is 225 Å². The summed E-state index contributed by atoms with van der Waals surface area (Å²) in [4.78, 5) is 19.8. The Balaban J connectivity index is 1.28. The van der Waals surface area contributed by atoms with Crippen LogP contribution in [0.4, 0.5) is 0 Å². The zero-order chi connectivity index (χ0) is 26.0. The van der Waals surface area contributed by atoms with Gasteiger partial charge in [0.2, 0.25) is 0 Å². The summed E-state index contributed by atoms with van der Waals surface area (Å²) in [6, 6.07) is 16.9. The number of methoxy groups -OCH3 is 1. The molecule has 0 saturated carbocycles. The van der Waals surface area contributed by atoms with E-state index in [1.165, 1.54) is 27.8 Å². The second-order valence-electron chi connectivity index (χ2n) is 10.3. The number of aliphatic carboxylic acids is 1. The summed E-state index contributed by atoms with van der Waals surface area (Å²) >= 11 is 1.93. The number of aryl methyl sites for hydroxylation is 2. The van der Waals surface area contributed by atoms with Crippen molar-refractivity contribution in [1.29, 1.82) is 0 Å². The van der Waals surface area contributed by atoms with Crippen molar-refractivity contribution in [2.45, 2.75) is 56.8 Å². The first kappa shape index (κ1) is 27.5. The predicted molar refractivity (Wildman–Crippen MR) is 153 cm³/mol. The number of benzene rings is 2. The van der Waals surface area contributed by atoms with Crippen LogP contribution in [0, 0.1) is 18.8 Å². The van der Waals surface area contributed by atoms with Crippen LogP contribution in [0.2, 0.25) is 0 Å². The van der Waals surface area contributed by atoms with Crippen LogP contribution >= 0.6 is 11.8 Å². The van der Waals surface area contributed by atoms with Crippen molar-refractivity contribution in [2.24, 2.45) is 11.8 Å². The van der Waals surface area contributed by atoms with Crippen molar-refractivity contribution in [1.82, 2.24) is 9.88 Å². The fourth-order valence-electron chi connectivity index (χ4n) is 5.64. The van der Waals surface area contributed by atoms with Crippen molar-refractivity contribution >= 4 is 28.6 Å². The highest BCUT2D eigenvalue weighted by Gasteiger charge is 2.29. The summed E-state index contributed by atoms with van der Waals surface area (Å²) in [5.74, 6) is 2.36. The quantitative estimate of drug-likeness (QED) is 0.196. The first-order valence-corrected chi connectivity index (χ1v) is 14.6. The van der Waals surface area contributed by atoms with E-state index in [1.54, 1.807) is 7.11 Å². The summed E-state index contributed by atoms with van der Waals surface area (Å²) in [6.07, 6.45) is 8.54. The van der Waals surface area contributed by atoms with Crippen molar-refractivity contribution < 1.29 is 14.6 Å². The number of likely N-dealkylation sites (tertiary alicyclic amines) is 1. The van der Waals surface area contributed by atoms with Crippen LogP contribution in [-0.2, 0) is 11.2 Å². The van der Waals surface area contributed by atoms with Crippen LogP contribution in [0.25, 0.3) is 10.9 Å². The molecule has 37 heavy (non-hydrogen) atoms. The molecule has 0 amide bonds. The van der Waals surface area contributed by atoms with Gasteiger partial charge in [-0.25, -0.2) is 0 Å². The van der Waals surface area contributed by atoms with Crippen LogP contribution in [-0.4, -0.2) is 53.5 Å². The van der Waals surface area contributed by atoms with Gasteiger partial charge in [-0.15, -0.1) is 11.8 Å². The molecule has 2 aromatic carbocycles. The van der Waals surface area contributed by atoms with E-state index in [0.717, 1.165) is 68.8 Å². The zero-order valence-electron chi connectivity index (χ0n) is 22.2. The first-order chi connectivity index (χ1) is 18.0. The van der Waals surface area contributed by atoms with Crippen LogP contribution < -0.4 is 4.74 Å². The van der Waals surface area contributed by atoms with E-state index in [1.807, 2.05) is 30.1 Å². The van der Waals surface area contributed by atoms with Crippen molar-refractivity contribution in [3.63, 3.8) is 0 Å². The second-order valence-corrected chi connectivity index (χ2v) is 11.5. The number of piperidine rings is 1. The number of aromatic nitrogens is 1. The average molecular weight is 521 g/mol. The monoisotopic (exact) mass is 520 g/mol. The predicted octanol–water partition coefficient (Wildman–Crippen LogP) is 6.86. The van der Waals surface area contributed by atoms with Gasteiger partial charge < -0.3 is 14.7 Å². The van der Waals surface area contributed by atoms with Gasteiger partial charge in [0.15, 0.2) is 0 Å². The molecule has 1 fully saturated rings. The topological polar surface area (TPSA) is 62.7 Å². The largest absolute Gasteiger partial charge is 0.497 e. The SMILES string of the molecule is COc1ccc2nccc(CCC[C@@H]3CCN(CCCSc4cccc(C)c4)C[C@@H]3CCC(=O)O)c2c1. The highest BCUT2D eigenvalue weighted by Crippen LogP contribution is 2.32. The van der Waals surface area contributed by atoms with Gasteiger partial charge >= 0.3 is 5.97 Å². The number of rotatable bonds is 13. The standard InChI is InChI=1S/C31H40N2O3S/c1-23-6-3-9-28(20-23)37-19-5-17-33-18-15-24(26(22-33)10-13-31(34)35)7-4-8-25-14-16-32-30-12-11-27(36-2)21-29(25)30/h3,6,9,11-12,14,16,20-21,24,26H,4-5,7-8,10,13,15,17-19,22H2,1-2H3,(H,34,35)/t24-,26+/m1/s1. The third-order valence-electron chi connectivity index (χ3n) is 7.64. The van der Waals surface area contributed by atoms with E-state index >= 15 is 0 Å². The number of carboxylic acid groups (broad SMARTS) is 1. The number of carboxylic acids is 1. The molecule has 0 bridgehead atoms. The van der Waals surface area contributed by atoms with Crippen molar-refractivity contribution in [3.05, 3.63) is 65.9 Å². The summed E-state index contributed by atoms with van der Waals surface area (Å²) in [7, 11) is 1.70. The third-order valence-corrected chi connectivity index (χ3v) is 8.72. The molecule has 6 heteroatoms. The highest BCUT2D eigenvalue weighted by molar-refractivity contribution is 7.99. The van der Waals surface area contributed by atoms with Gasteiger partial charge in [0.1, 0.15) is 5.75 Å². The van der Waals surface area contributed by atoms with Gasteiger partial charge in [0.05, 0.1) is 12.6 Å². The molecule has 1 aliphatic rings. The number of hydrogen-bond donors (Lipinski definition) is 1. The molecule has 2 heterocycles. The van der Waals surface area contributed by atoms with E-state index in [9.17, 15) is 9.90 Å². The summed E-state index contributed by atoms with van der Waals surface area (Å²) in [6.45, 7) is 5.39. The number of fused-ring (bicyclic) bond motifs is 1. The Kier molecular flexibility index (Phi) is 10.3. The minimum absolute atomic E-state index is 0.271. The summed E-state index contributed by atoms with van der Waals surface area (Å²) in [5.41, 5.74) is 3.63. The summed E-state index contributed by atoms with van der Waals surface area (Å²) in [5, 5.41) is 10.5. The van der Waals surface area contributed by atoms with Crippen molar-refractivity contribution in [3.8, 4) is 5.75 Å². The normalized spacial score (nSPS) is 18.2. The molecule has 4 rings (SSSR count). The molecule has 0 radical (unpaired) electrons. The Bertz CT molecular complexity index is 1170. The molecule has 198 valence electrons. The van der Waals surface area contributed by atoms with Crippen molar-refractivity contribution in [2.75, 3.05) is 32.5 Å². The molecule has 1 aromatic heterocycles. The molecule has 0 spiro atoms. The number of pyridine rings is 1. The van der Waals surface area contributed by atoms with Crippen LogP contribution in [0.15, 0.2) is 59.6 Å². The van der Waals surface area contributed by atoms with E-state index in [4.69, 9.17) is 4.74 Å². The number of hydrogen-bond acceptors (Lipinski definition) is 5. The number of nitrogens with zero attached hydrogens (tertiary/aromatic N) is 2. The molecular formula is C31H40N2O3S. The zero-order valence-corrected chi connectivity index (χ0v) is 23.0. The smallest absolute Gasteiger partial charge is 0.303 e. The third kappa shape index (κ3) is 8.21. The molecule has 2 atom stereocenters. The van der Waals surface area contributed by atoms with Crippen LogP contribution in [0.1, 0.15) is 49.7 Å². The lowest BCUT2D eigenvalue weighted by atomic mass is 9.79. The Morgan fingerprint density at radius 1 is 1.14 bits per heavy atom.